The van der Waals surface area contributed by atoms with Gasteiger partial charge < -0.3 is 10.6 Å². The Kier molecular flexibility index (Phi) is 6.88. The Bertz CT molecular complexity index is 640. The van der Waals surface area contributed by atoms with Gasteiger partial charge in [0.05, 0.1) is 6.20 Å². The molecule has 2 N–H and O–H groups in total. The summed E-state index contributed by atoms with van der Waals surface area (Å²) in [5.74, 6) is 0.955. The zero-order valence-electron chi connectivity index (χ0n) is 16.6. The summed E-state index contributed by atoms with van der Waals surface area (Å²) in [5, 5.41) is 10.2. The summed E-state index contributed by atoms with van der Waals surface area (Å²) in [6, 6.07) is 0.681. The first kappa shape index (κ1) is 19.9. The van der Waals surface area contributed by atoms with Crippen LogP contribution in [0.25, 0.3) is 0 Å². The minimum Gasteiger partial charge on any atom is -0.356 e. The van der Waals surface area contributed by atoms with Gasteiger partial charge in [0.15, 0.2) is 0 Å². The number of likely N-dealkylation sites (tertiary alicyclic amines) is 1. The molecule has 3 rings (SSSR count). The zero-order chi connectivity index (χ0) is 19.2. The highest BCUT2D eigenvalue weighted by molar-refractivity contribution is 5.76. The molecule has 2 heterocycles. The van der Waals surface area contributed by atoms with Gasteiger partial charge in [-0.05, 0) is 50.0 Å². The van der Waals surface area contributed by atoms with Gasteiger partial charge in [-0.2, -0.15) is 5.10 Å². The van der Waals surface area contributed by atoms with E-state index in [0.29, 0.717) is 31.6 Å². The summed E-state index contributed by atoms with van der Waals surface area (Å²) in [4.78, 5) is 26.2. The summed E-state index contributed by atoms with van der Waals surface area (Å²) in [5.41, 5.74) is 1.21. The smallest absolute Gasteiger partial charge is 0.221 e. The molecule has 2 amide bonds. The number of carbonyl (C=O) groups is 2. The van der Waals surface area contributed by atoms with Crippen LogP contribution in [0.3, 0.4) is 0 Å². The lowest BCUT2D eigenvalue weighted by Gasteiger charge is -2.30. The van der Waals surface area contributed by atoms with Crippen molar-refractivity contribution in [2.24, 2.45) is 13.0 Å². The van der Waals surface area contributed by atoms with Crippen LogP contribution in [-0.4, -0.2) is 58.2 Å². The van der Waals surface area contributed by atoms with E-state index in [-0.39, 0.29) is 11.8 Å². The number of nitrogens with zero attached hydrogens (tertiary/aromatic N) is 3. The lowest BCUT2D eigenvalue weighted by Crippen LogP contribution is -2.45. The molecule has 1 aliphatic carbocycles. The van der Waals surface area contributed by atoms with Crippen LogP contribution in [0.1, 0.15) is 51.0 Å². The molecule has 1 aliphatic heterocycles. The molecule has 2 atom stereocenters. The predicted molar refractivity (Wildman–Crippen MR) is 104 cm³/mol. The number of hydrogen-bond acceptors (Lipinski definition) is 4. The van der Waals surface area contributed by atoms with Crippen LogP contribution in [0.2, 0.25) is 0 Å². The third-order valence-electron chi connectivity index (χ3n) is 5.67. The van der Waals surface area contributed by atoms with Gasteiger partial charge in [-0.1, -0.05) is 0 Å². The standard InChI is InChI=1S/C20H33N5O2/c1-15(26)22-12-19-8-7-18(25(19)14-16-5-6-16)10-20(27)21-9-3-4-17-11-23-24(2)13-17/h11,13,16,18-19H,3-10,12,14H2,1-2H3,(H,21,27)(H,22,26)/t18-,19+/m0/s1. The minimum atomic E-state index is 0.0242. The van der Waals surface area contributed by atoms with Crippen LogP contribution in [-0.2, 0) is 23.1 Å². The van der Waals surface area contributed by atoms with Crippen molar-refractivity contribution in [3.63, 3.8) is 0 Å². The monoisotopic (exact) mass is 375 g/mol. The van der Waals surface area contributed by atoms with Gasteiger partial charge in [-0.15, -0.1) is 0 Å². The third-order valence-corrected chi connectivity index (χ3v) is 5.67. The average Bonchev–Trinajstić information content (AvgIpc) is 3.23. The Balaban J connectivity index is 1.40. The molecule has 0 unspecified atom stereocenters. The van der Waals surface area contributed by atoms with Crippen molar-refractivity contribution >= 4 is 11.8 Å². The predicted octanol–water partition coefficient (Wildman–Crippen LogP) is 1.24. The highest BCUT2D eigenvalue weighted by Gasteiger charge is 2.37. The van der Waals surface area contributed by atoms with E-state index in [4.69, 9.17) is 0 Å². The summed E-state index contributed by atoms with van der Waals surface area (Å²) >= 11 is 0. The number of amides is 2. The lowest BCUT2D eigenvalue weighted by molar-refractivity contribution is -0.122. The van der Waals surface area contributed by atoms with Crippen LogP contribution < -0.4 is 10.6 Å². The number of hydrogen-bond donors (Lipinski definition) is 2. The summed E-state index contributed by atoms with van der Waals surface area (Å²) in [6.45, 7) is 4.05. The van der Waals surface area contributed by atoms with E-state index >= 15 is 0 Å². The normalized spacial score (nSPS) is 22.7. The SMILES string of the molecule is CC(=O)NC[C@H]1CC[C@@H](CC(=O)NCCCc2cnn(C)c2)N1CC1CC1. The second-order valence-electron chi connectivity index (χ2n) is 8.14. The van der Waals surface area contributed by atoms with E-state index in [9.17, 15) is 9.59 Å². The molecule has 1 aromatic heterocycles. The number of aryl methyl sites for hydroxylation is 2. The van der Waals surface area contributed by atoms with Crippen LogP contribution in [0.4, 0.5) is 0 Å². The van der Waals surface area contributed by atoms with E-state index in [1.54, 1.807) is 11.6 Å². The fourth-order valence-corrected chi connectivity index (χ4v) is 4.02. The van der Waals surface area contributed by atoms with E-state index < -0.39 is 0 Å². The van der Waals surface area contributed by atoms with Gasteiger partial charge in [-0.25, -0.2) is 0 Å². The molecule has 0 aromatic carbocycles. The van der Waals surface area contributed by atoms with Crippen molar-refractivity contribution in [1.29, 1.82) is 0 Å². The molecule has 2 aliphatic rings. The highest BCUT2D eigenvalue weighted by Crippen LogP contribution is 2.35. The number of aromatic nitrogens is 2. The minimum absolute atomic E-state index is 0.0242. The molecule has 2 fully saturated rings. The maximum Gasteiger partial charge on any atom is 0.221 e. The fraction of sp³-hybridized carbons (Fsp3) is 0.750. The Hall–Kier alpha value is -1.89. The molecule has 0 radical (unpaired) electrons. The Morgan fingerprint density at radius 3 is 2.63 bits per heavy atom. The second kappa shape index (κ2) is 9.35. The van der Waals surface area contributed by atoms with Crippen LogP contribution in [0.5, 0.6) is 0 Å². The Morgan fingerprint density at radius 1 is 1.19 bits per heavy atom. The van der Waals surface area contributed by atoms with Crippen molar-refractivity contribution in [3.05, 3.63) is 18.0 Å². The van der Waals surface area contributed by atoms with Gasteiger partial charge in [0.2, 0.25) is 11.8 Å². The molecule has 7 nitrogen and oxygen atoms in total. The quantitative estimate of drug-likeness (QED) is 0.603. The summed E-state index contributed by atoms with van der Waals surface area (Å²) in [6.07, 6.45) is 11.0. The zero-order valence-corrected chi connectivity index (χ0v) is 16.6. The van der Waals surface area contributed by atoms with E-state index in [1.807, 2.05) is 19.4 Å². The number of carbonyl (C=O) groups excluding carboxylic acids is 2. The number of rotatable bonds is 10. The highest BCUT2D eigenvalue weighted by atomic mass is 16.2. The third kappa shape index (κ3) is 6.34. The van der Waals surface area contributed by atoms with Crippen molar-refractivity contribution in [3.8, 4) is 0 Å². The van der Waals surface area contributed by atoms with Crippen molar-refractivity contribution < 1.29 is 9.59 Å². The fourth-order valence-electron chi connectivity index (χ4n) is 4.02. The van der Waals surface area contributed by atoms with Crippen LogP contribution in [0, 0.1) is 5.92 Å². The summed E-state index contributed by atoms with van der Waals surface area (Å²) < 4.78 is 1.81. The Labute approximate surface area is 161 Å². The second-order valence-corrected chi connectivity index (χ2v) is 8.14. The molecule has 27 heavy (non-hydrogen) atoms. The van der Waals surface area contributed by atoms with Crippen LogP contribution in [0.15, 0.2) is 12.4 Å². The molecular weight excluding hydrogens is 342 g/mol. The van der Waals surface area contributed by atoms with E-state index in [0.717, 1.165) is 38.1 Å². The molecule has 1 saturated carbocycles. The molecule has 1 aromatic rings. The maximum atomic E-state index is 12.4. The van der Waals surface area contributed by atoms with Gasteiger partial charge in [-0.3, -0.25) is 19.2 Å². The van der Waals surface area contributed by atoms with Gasteiger partial charge in [0.25, 0.3) is 0 Å². The largest absolute Gasteiger partial charge is 0.356 e. The molecule has 7 heteroatoms. The van der Waals surface area contributed by atoms with Gasteiger partial charge in [0, 0.05) is 58.3 Å². The number of nitrogens with one attached hydrogen (secondary N) is 2. The summed E-state index contributed by atoms with van der Waals surface area (Å²) in [7, 11) is 1.92. The van der Waals surface area contributed by atoms with E-state index in [1.165, 1.54) is 18.4 Å². The molecule has 0 spiro atoms. The van der Waals surface area contributed by atoms with E-state index in [2.05, 4.69) is 20.6 Å². The molecule has 1 saturated heterocycles. The molecule has 150 valence electrons. The topological polar surface area (TPSA) is 79.3 Å². The van der Waals surface area contributed by atoms with Gasteiger partial charge >= 0.3 is 0 Å². The lowest BCUT2D eigenvalue weighted by atomic mass is 10.1. The maximum absolute atomic E-state index is 12.4. The molecule has 0 bridgehead atoms. The Morgan fingerprint density at radius 2 is 1.96 bits per heavy atom. The molecular formula is C20H33N5O2. The van der Waals surface area contributed by atoms with Gasteiger partial charge in [0.1, 0.15) is 0 Å². The van der Waals surface area contributed by atoms with Crippen molar-refractivity contribution in [2.45, 2.75) is 64.0 Å². The average molecular weight is 376 g/mol. The first-order valence-electron chi connectivity index (χ1n) is 10.3. The van der Waals surface area contributed by atoms with Crippen molar-refractivity contribution in [1.82, 2.24) is 25.3 Å². The van der Waals surface area contributed by atoms with Crippen LogP contribution >= 0.6 is 0 Å². The first-order chi connectivity index (χ1) is 13.0. The first-order valence-corrected chi connectivity index (χ1v) is 10.3. The van der Waals surface area contributed by atoms with Crippen molar-refractivity contribution in [2.75, 3.05) is 19.6 Å².